The second-order valence-electron chi connectivity index (χ2n) is 4.35. The van der Waals surface area contributed by atoms with Crippen molar-refractivity contribution in [1.82, 2.24) is 10.6 Å². The number of hydrogen-bond donors (Lipinski definition) is 3. The summed E-state index contributed by atoms with van der Waals surface area (Å²) >= 11 is 5.14. The van der Waals surface area contributed by atoms with E-state index < -0.39 is 10.0 Å². The molecule has 0 radical (unpaired) electrons. The lowest BCUT2D eigenvalue weighted by atomic mass is 10.2. The summed E-state index contributed by atoms with van der Waals surface area (Å²) < 4.78 is 27.5. The molecule has 1 aromatic carbocycles. The molecule has 0 amide bonds. The van der Waals surface area contributed by atoms with Crippen LogP contribution in [0, 0.1) is 0 Å². The zero-order valence-electron chi connectivity index (χ0n) is 12.0. The molecule has 0 saturated heterocycles. The van der Waals surface area contributed by atoms with E-state index in [4.69, 9.17) is 22.1 Å². The number of ether oxygens (including phenoxy) is 1. The summed E-state index contributed by atoms with van der Waals surface area (Å²) in [4.78, 5) is 0.0999. The number of nitrogens with two attached hydrogens (primary N) is 1. The fourth-order valence-corrected chi connectivity index (χ4v) is 2.25. The van der Waals surface area contributed by atoms with Crippen molar-refractivity contribution in [2.75, 3.05) is 19.8 Å². The molecule has 6 nitrogen and oxygen atoms in total. The number of primary sulfonamides is 1. The van der Waals surface area contributed by atoms with Gasteiger partial charge in [0.05, 0.1) is 4.90 Å². The topological polar surface area (TPSA) is 93.4 Å². The molecule has 8 heteroatoms. The SMILES string of the molecule is CCOCCCNC(=S)NCc1ccc(S(N)(=O)=O)cc1. The zero-order chi connectivity index (χ0) is 15.7. The molecule has 118 valence electrons. The minimum Gasteiger partial charge on any atom is -0.382 e. The number of hydrogen-bond acceptors (Lipinski definition) is 4. The lowest BCUT2D eigenvalue weighted by Gasteiger charge is -2.10. The van der Waals surface area contributed by atoms with Gasteiger partial charge in [-0.25, -0.2) is 13.6 Å². The molecule has 0 aliphatic rings. The van der Waals surface area contributed by atoms with Crippen LogP contribution in [0.15, 0.2) is 29.2 Å². The maximum Gasteiger partial charge on any atom is 0.238 e. The third-order valence-corrected chi connectivity index (χ3v) is 3.88. The fraction of sp³-hybridized carbons (Fsp3) is 0.462. The van der Waals surface area contributed by atoms with E-state index in [1.807, 2.05) is 6.92 Å². The normalized spacial score (nSPS) is 11.1. The molecule has 0 heterocycles. The highest BCUT2D eigenvalue weighted by Crippen LogP contribution is 2.08. The highest BCUT2D eigenvalue weighted by Gasteiger charge is 2.06. The summed E-state index contributed by atoms with van der Waals surface area (Å²) in [6.07, 6.45) is 0.888. The highest BCUT2D eigenvalue weighted by molar-refractivity contribution is 7.89. The van der Waals surface area contributed by atoms with Gasteiger partial charge in [-0.15, -0.1) is 0 Å². The third kappa shape index (κ3) is 7.37. The van der Waals surface area contributed by atoms with Gasteiger partial charge in [0.25, 0.3) is 0 Å². The Bertz CT molecular complexity index is 544. The summed E-state index contributed by atoms with van der Waals surface area (Å²) in [5.74, 6) is 0. The van der Waals surface area contributed by atoms with Gasteiger partial charge >= 0.3 is 0 Å². The molecule has 0 spiro atoms. The van der Waals surface area contributed by atoms with Crippen LogP contribution in [0.25, 0.3) is 0 Å². The summed E-state index contributed by atoms with van der Waals surface area (Å²) in [7, 11) is -3.64. The predicted octanol–water partition coefficient (Wildman–Crippen LogP) is 0.725. The van der Waals surface area contributed by atoms with Crippen LogP contribution in [-0.4, -0.2) is 33.3 Å². The van der Waals surface area contributed by atoms with Crippen LogP contribution in [0.3, 0.4) is 0 Å². The third-order valence-electron chi connectivity index (χ3n) is 2.66. The highest BCUT2D eigenvalue weighted by atomic mass is 32.2. The first-order valence-corrected chi connectivity index (χ1v) is 8.60. The molecule has 0 atom stereocenters. The molecule has 0 saturated carbocycles. The minimum absolute atomic E-state index is 0.0999. The van der Waals surface area contributed by atoms with Crippen molar-refractivity contribution in [2.24, 2.45) is 5.14 Å². The Hall–Kier alpha value is -1.22. The fourth-order valence-electron chi connectivity index (χ4n) is 1.56. The Morgan fingerprint density at radius 1 is 1.29 bits per heavy atom. The van der Waals surface area contributed by atoms with E-state index >= 15 is 0 Å². The lowest BCUT2D eigenvalue weighted by molar-refractivity contribution is 0.145. The quantitative estimate of drug-likeness (QED) is 0.480. The van der Waals surface area contributed by atoms with E-state index in [9.17, 15) is 8.42 Å². The molecule has 0 aliphatic carbocycles. The molecular weight excluding hydrogens is 310 g/mol. The summed E-state index contributed by atoms with van der Waals surface area (Å²) in [5.41, 5.74) is 0.917. The number of benzene rings is 1. The molecule has 0 aliphatic heterocycles. The van der Waals surface area contributed by atoms with Gasteiger partial charge in [0.15, 0.2) is 5.11 Å². The predicted molar refractivity (Wildman–Crippen MR) is 86.4 cm³/mol. The van der Waals surface area contributed by atoms with Crippen LogP contribution in [-0.2, 0) is 21.3 Å². The van der Waals surface area contributed by atoms with Crippen molar-refractivity contribution < 1.29 is 13.2 Å². The van der Waals surface area contributed by atoms with Gasteiger partial charge < -0.3 is 15.4 Å². The first-order chi connectivity index (χ1) is 9.93. The van der Waals surface area contributed by atoms with Crippen LogP contribution < -0.4 is 15.8 Å². The maximum absolute atomic E-state index is 11.1. The minimum atomic E-state index is -3.64. The first kappa shape index (κ1) is 17.8. The zero-order valence-corrected chi connectivity index (χ0v) is 13.6. The first-order valence-electron chi connectivity index (χ1n) is 6.64. The molecular formula is C13H21N3O3S2. The van der Waals surface area contributed by atoms with Gasteiger partial charge in [-0.1, -0.05) is 12.1 Å². The van der Waals surface area contributed by atoms with Gasteiger partial charge in [-0.2, -0.15) is 0 Å². The largest absolute Gasteiger partial charge is 0.382 e. The van der Waals surface area contributed by atoms with Crippen molar-refractivity contribution >= 4 is 27.4 Å². The van der Waals surface area contributed by atoms with Crippen LogP contribution in [0.5, 0.6) is 0 Å². The summed E-state index contributed by atoms with van der Waals surface area (Å²) in [5, 5.41) is 11.7. The molecule has 0 unspecified atom stereocenters. The van der Waals surface area contributed by atoms with Gasteiger partial charge in [-0.05, 0) is 43.3 Å². The average Bonchev–Trinajstić information content (AvgIpc) is 2.44. The van der Waals surface area contributed by atoms with E-state index in [0.29, 0.717) is 18.3 Å². The van der Waals surface area contributed by atoms with Crippen molar-refractivity contribution in [3.63, 3.8) is 0 Å². The maximum atomic E-state index is 11.1. The molecule has 1 aromatic rings. The smallest absolute Gasteiger partial charge is 0.238 e. The number of thiocarbonyl (C=S) groups is 1. The molecule has 4 N–H and O–H groups in total. The Kier molecular flexibility index (Phi) is 7.58. The lowest BCUT2D eigenvalue weighted by Crippen LogP contribution is -2.35. The van der Waals surface area contributed by atoms with Crippen LogP contribution in [0.1, 0.15) is 18.9 Å². The van der Waals surface area contributed by atoms with E-state index in [0.717, 1.165) is 25.1 Å². The second-order valence-corrected chi connectivity index (χ2v) is 6.32. The van der Waals surface area contributed by atoms with Gasteiger partial charge in [0, 0.05) is 26.3 Å². The number of sulfonamides is 1. The average molecular weight is 331 g/mol. The van der Waals surface area contributed by atoms with Crippen molar-refractivity contribution in [2.45, 2.75) is 24.8 Å². The molecule has 0 bridgehead atoms. The van der Waals surface area contributed by atoms with Crippen LogP contribution >= 0.6 is 12.2 Å². The van der Waals surface area contributed by atoms with Crippen LogP contribution in [0.2, 0.25) is 0 Å². The number of rotatable bonds is 8. The summed E-state index contributed by atoms with van der Waals surface area (Å²) in [6.45, 7) is 4.65. The standard InChI is InChI=1S/C13H21N3O3S2/c1-2-19-9-3-8-15-13(20)16-10-11-4-6-12(7-5-11)21(14,17)18/h4-7H,2-3,8-10H2,1H3,(H2,14,17,18)(H2,15,16,20). The van der Waals surface area contributed by atoms with E-state index in [1.165, 1.54) is 12.1 Å². The molecule has 0 fully saturated rings. The number of nitrogens with one attached hydrogen (secondary N) is 2. The molecule has 21 heavy (non-hydrogen) atoms. The summed E-state index contributed by atoms with van der Waals surface area (Å²) in [6, 6.07) is 6.35. The Balaban J connectivity index is 2.30. The van der Waals surface area contributed by atoms with E-state index in [2.05, 4.69) is 10.6 Å². The van der Waals surface area contributed by atoms with Gasteiger partial charge in [0.2, 0.25) is 10.0 Å². The molecule has 0 aromatic heterocycles. The Labute approximate surface area is 131 Å². The Morgan fingerprint density at radius 3 is 2.52 bits per heavy atom. The van der Waals surface area contributed by atoms with E-state index in [1.54, 1.807) is 12.1 Å². The second kappa shape index (κ2) is 8.93. The van der Waals surface area contributed by atoms with Gasteiger partial charge in [0.1, 0.15) is 0 Å². The van der Waals surface area contributed by atoms with Crippen molar-refractivity contribution in [3.05, 3.63) is 29.8 Å². The van der Waals surface area contributed by atoms with E-state index in [-0.39, 0.29) is 4.90 Å². The van der Waals surface area contributed by atoms with Crippen molar-refractivity contribution in [3.8, 4) is 0 Å². The monoisotopic (exact) mass is 331 g/mol. The van der Waals surface area contributed by atoms with Crippen LogP contribution in [0.4, 0.5) is 0 Å². The Morgan fingerprint density at radius 2 is 1.95 bits per heavy atom. The van der Waals surface area contributed by atoms with Crippen molar-refractivity contribution in [1.29, 1.82) is 0 Å². The molecule has 1 rings (SSSR count). The van der Waals surface area contributed by atoms with Gasteiger partial charge in [-0.3, -0.25) is 0 Å².